The number of hydroxylamine groups is 1. The molecule has 0 aromatic rings. The van der Waals surface area contributed by atoms with Gasteiger partial charge in [0, 0.05) is 27.0 Å². The normalized spacial score (nSPS) is 22.7. The zero-order valence-corrected chi connectivity index (χ0v) is 11.7. The molecule has 0 spiro atoms. The first-order chi connectivity index (χ1) is 8.08. The first-order valence-corrected chi connectivity index (χ1v) is 9.74. The smallest absolute Gasteiger partial charge is 0.549 e. The highest BCUT2D eigenvalue weighted by molar-refractivity contribution is 7.86. The van der Waals surface area contributed by atoms with Crippen LogP contribution in [-0.4, -0.2) is 58.7 Å². The summed E-state index contributed by atoms with van der Waals surface area (Å²) in [4.78, 5) is 0. The highest BCUT2D eigenvalue weighted by Gasteiger charge is 2.52. The van der Waals surface area contributed by atoms with E-state index in [0.717, 1.165) is 25.4 Å². The predicted octanol–water partition coefficient (Wildman–Crippen LogP) is -0.531. The van der Waals surface area contributed by atoms with Crippen molar-refractivity contribution in [3.8, 4) is 0 Å². The summed E-state index contributed by atoms with van der Waals surface area (Å²) in [5, 5.41) is 14.3. The minimum absolute atomic E-state index is 0.281. The van der Waals surface area contributed by atoms with Crippen LogP contribution in [0.15, 0.2) is 0 Å². The third-order valence-electron chi connectivity index (χ3n) is 3.12. The molecular weight excluding hydrogens is 292 g/mol. The molecule has 1 saturated heterocycles. The lowest BCUT2D eigenvalue weighted by Gasteiger charge is -2.30. The summed E-state index contributed by atoms with van der Waals surface area (Å²) in [6.07, 6.45) is 1.96. The Balaban J connectivity index is 2.58. The van der Waals surface area contributed by atoms with Gasteiger partial charge in [0.25, 0.3) is 0 Å². The second kappa shape index (κ2) is 5.58. The van der Waals surface area contributed by atoms with Crippen molar-refractivity contribution in [1.29, 1.82) is 0 Å². The van der Waals surface area contributed by atoms with Gasteiger partial charge in [-0.1, -0.05) is 0 Å². The van der Waals surface area contributed by atoms with Crippen molar-refractivity contribution in [3.05, 3.63) is 5.21 Å². The molecule has 0 bridgehead atoms. The van der Waals surface area contributed by atoms with Gasteiger partial charge in [0.15, 0.2) is 0 Å². The van der Waals surface area contributed by atoms with Gasteiger partial charge in [0.05, 0.1) is 12.3 Å². The van der Waals surface area contributed by atoms with Gasteiger partial charge < -0.3 is 10.5 Å². The molecule has 18 heavy (non-hydrogen) atoms. The fourth-order valence-electron chi connectivity index (χ4n) is 1.78. The molecule has 0 radical (unpaired) electrons. The molecular formula is C8H17F3N2O3PS+. The molecule has 0 aromatic carbocycles. The molecule has 1 unspecified atom stereocenters. The molecule has 1 aliphatic heterocycles. The summed E-state index contributed by atoms with van der Waals surface area (Å²) in [5.41, 5.74) is -5.47. The topological polar surface area (TPSA) is 73.7 Å². The maximum absolute atomic E-state index is 12.1. The zero-order chi connectivity index (χ0) is 14.0. The van der Waals surface area contributed by atoms with Gasteiger partial charge in [0.2, 0.25) is 0 Å². The van der Waals surface area contributed by atoms with Crippen molar-refractivity contribution >= 4 is 17.3 Å². The molecule has 0 saturated carbocycles. The van der Waals surface area contributed by atoms with Crippen LogP contribution >= 0.6 is 7.26 Å². The van der Waals surface area contributed by atoms with E-state index in [2.05, 4.69) is 5.32 Å². The highest BCUT2D eigenvalue weighted by Crippen LogP contribution is 2.54. The van der Waals surface area contributed by atoms with E-state index in [1.165, 1.54) is 0 Å². The van der Waals surface area contributed by atoms with Gasteiger partial charge in [0.1, 0.15) is 12.7 Å². The number of sulfonamides is 1. The minimum Gasteiger partial charge on any atom is -0.618 e. The summed E-state index contributed by atoms with van der Waals surface area (Å²) in [6, 6.07) is 0. The Hall–Kier alpha value is 0.0500. The van der Waals surface area contributed by atoms with E-state index in [9.17, 15) is 26.8 Å². The maximum Gasteiger partial charge on any atom is 0.549 e. The third kappa shape index (κ3) is 3.77. The molecule has 0 aliphatic carbocycles. The van der Waals surface area contributed by atoms with Crippen LogP contribution in [0.3, 0.4) is 0 Å². The standard InChI is InChI=1S/C8H17F3N2O3PS/c1-17(5-2-12-3-6-17)7-4-13(14)18(15,16)8(9,10)11/h12-13H,2-7H2,1H3/q+1. The lowest BCUT2D eigenvalue weighted by atomic mass is 10.6. The number of alkyl halides is 3. The van der Waals surface area contributed by atoms with Crippen LogP contribution < -0.4 is 9.79 Å². The van der Waals surface area contributed by atoms with E-state index in [1.807, 2.05) is 6.66 Å². The Labute approximate surface area is 105 Å². The first-order valence-electron chi connectivity index (χ1n) is 5.47. The van der Waals surface area contributed by atoms with E-state index in [-0.39, 0.29) is 6.16 Å². The van der Waals surface area contributed by atoms with Crippen LogP contribution in [0.2, 0.25) is 0 Å². The average molecular weight is 309 g/mol. The zero-order valence-electron chi connectivity index (χ0n) is 9.96. The Morgan fingerprint density at radius 3 is 2.28 bits per heavy atom. The Kier molecular flexibility index (Phi) is 4.99. The number of halogens is 3. The number of quaternary nitrogens is 1. The molecule has 0 aromatic heterocycles. The number of rotatable bonds is 4. The number of nitrogens with one attached hydrogen (secondary N) is 2. The SMILES string of the molecule is C[P+]1(CC[NH+]([O-])S(=O)(=O)C(F)(F)F)CCNCC1. The van der Waals surface area contributed by atoms with Crippen LogP contribution in [0.5, 0.6) is 0 Å². The van der Waals surface area contributed by atoms with Gasteiger partial charge in [-0.25, -0.2) is 0 Å². The molecule has 1 rings (SSSR count). The molecule has 1 atom stereocenters. The lowest BCUT2D eigenvalue weighted by molar-refractivity contribution is -0.708. The van der Waals surface area contributed by atoms with Gasteiger partial charge in [-0.15, -0.1) is 0 Å². The molecule has 5 nitrogen and oxygen atoms in total. The van der Waals surface area contributed by atoms with Crippen LogP contribution in [-0.2, 0) is 10.0 Å². The minimum atomic E-state index is -5.64. The van der Waals surface area contributed by atoms with Gasteiger partial charge >= 0.3 is 15.5 Å². The van der Waals surface area contributed by atoms with Gasteiger partial charge in [-0.3, -0.25) is 4.47 Å². The molecule has 10 heteroatoms. The van der Waals surface area contributed by atoms with Crippen LogP contribution in [0.25, 0.3) is 0 Å². The Bertz CT molecular complexity index is 382. The fourth-order valence-corrected chi connectivity index (χ4v) is 5.37. The Morgan fingerprint density at radius 1 is 1.33 bits per heavy atom. The van der Waals surface area contributed by atoms with Crippen molar-refractivity contribution in [1.82, 2.24) is 5.32 Å². The van der Waals surface area contributed by atoms with E-state index in [4.69, 9.17) is 0 Å². The van der Waals surface area contributed by atoms with Crippen molar-refractivity contribution < 1.29 is 26.1 Å². The summed E-state index contributed by atoms with van der Waals surface area (Å²) in [5.74, 6) is 0. The number of hydrogen-bond donors (Lipinski definition) is 2. The lowest BCUT2D eigenvalue weighted by Crippen LogP contribution is -3.11. The molecule has 2 N–H and O–H groups in total. The van der Waals surface area contributed by atoms with Crippen LogP contribution in [0.1, 0.15) is 0 Å². The monoisotopic (exact) mass is 309 g/mol. The van der Waals surface area contributed by atoms with Crippen molar-refractivity contribution in [2.75, 3.05) is 44.8 Å². The van der Waals surface area contributed by atoms with Gasteiger partial charge in [-0.05, 0) is 0 Å². The first kappa shape index (κ1) is 16.1. The molecule has 1 fully saturated rings. The van der Waals surface area contributed by atoms with E-state index in [0.29, 0.717) is 0 Å². The molecule has 0 amide bonds. The molecule has 1 aliphatic rings. The summed E-state index contributed by atoms with van der Waals surface area (Å²) < 4.78 is 56.4. The van der Waals surface area contributed by atoms with Crippen LogP contribution in [0.4, 0.5) is 13.2 Å². The highest BCUT2D eigenvalue weighted by atomic mass is 32.2. The van der Waals surface area contributed by atoms with Crippen LogP contribution in [0, 0.1) is 5.21 Å². The summed E-state index contributed by atoms with van der Waals surface area (Å²) in [6.45, 7) is 3.02. The number of hydrogen-bond acceptors (Lipinski definition) is 4. The van der Waals surface area contributed by atoms with Gasteiger partial charge in [-0.2, -0.15) is 21.6 Å². The average Bonchev–Trinajstić information content (AvgIpc) is 2.25. The van der Waals surface area contributed by atoms with Crippen molar-refractivity contribution in [2.24, 2.45) is 0 Å². The largest absolute Gasteiger partial charge is 0.618 e. The fraction of sp³-hybridized carbons (Fsp3) is 1.00. The Morgan fingerprint density at radius 2 is 1.83 bits per heavy atom. The van der Waals surface area contributed by atoms with E-state index < -0.39 is 33.8 Å². The predicted molar refractivity (Wildman–Crippen MR) is 64.5 cm³/mol. The van der Waals surface area contributed by atoms with Crippen molar-refractivity contribution in [2.45, 2.75) is 5.51 Å². The second-order valence-electron chi connectivity index (χ2n) is 4.61. The molecule has 1 heterocycles. The summed E-state index contributed by atoms with van der Waals surface area (Å²) >= 11 is 0. The molecule has 108 valence electrons. The summed E-state index contributed by atoms with van der Waals surface area (Å²) in [7, 11) is -7.10. The quantitative estimate of drug-likeness (QED) is 0.541. The van der Waals surface area contributed by atoms with Crippen molar-refractivity contribution in [3.63, 3.8) is 0 Å². The van der Waals surface area contributed by atoms with E-state index >= 15 is 0 Å². The van der Waals surface area contributed by atoms with E-state index in [1.54, 1.807) is 0 Å². The maximum atomic E-state index is 12.1. The second-order valence-corrected chi connectivity index (χ2v) is 11.1. The third-order valence-corrected chi connectivity index (χ3v) is 8.44.